The number of hydrogen-bond acceptors (Lipinski definition) is 6. The second-order valence-electron chi connectivity index (χ2n) is 9.19. The largest absolute Gasteiger partial charge is 0.466 e. The fourth-order valence-electron chi connectivity index (χ4n) is 3.25. The molecule has 0 aliphatic heterocycles. The number of ether oxygens (including phenoxy) is 2. The average molecular weight is 498 g/mol. The predicted octanol–water partition coefficient (Wildman–Crippen LogP) is 2.75. The summed E-state index contributed by atoms with van der Waals surface area (Å²) in [4.78, 5) is 51.9. The molecule has 0 aromatic heterocycles. The Morgan fingerprint density at radius 3 is 2.28 bits per heavy atom. The van der Waals surface area contributed by atoms with E-state index < -0.39 is 47.5 Å². The van der Waals surface area contributed by atoms with Gasteiger partial charge in [0, 0.05) is 23.7 Å². The number of carbonyl (C=O) groups is 4. The molecule has 0 spiro atoms. The van der Waals surface area contributed by atoms with Crippen LogP contribution in [0.15, 0.2) is 24.3 Å². The van der Waals surface area contributed by atoms with Crippen molar-refractivity contribution in [3.63, 3.8) is 0 Å². The summed E-state index contributed by atoms with van der Waals surface area (Å²) in [5.41, 5.74) is -0.106. The number of hydrogen-bond donors (Lipinski definition) is 2. The van der Waals surface area contributed by atoms with Crippen LogP contribution >= 0.6 is 0 Å². The third-order valence-electron chi connectivity index (χ3n) is 4.83. The fraction of sp³-hybridized carbons (Fsp3) is 0.481. The van der Waals surface area contributed by atoms with E-state index in [4.69, 9.17) is 22.3 Å². The summed E-state index contributed by atoms with van der Waals surface area (Å²) in [5, 5.41) is 5.17. The van der Waals surface area contributed by atoms with E-state index in [0.29, 0.717) is 11.1 Å². The topological polar surface area (TPSA) is 114 Å². The standard InChI is InChI=1S/C27H35N3O6/c1-9-19-14-12-13-15-20(19)23(24(32)28-17-16-21(31)35-11-3)30(10-2)25(33)22(18(4)5)29-26(34)36-27(6,7)8/h1-2,12-15,18,22-23H,11,16-17H2,3-8H3,(H,28,32)(H,29,34). The first kappa shape index (κ1) is 30.1. The number of nitrogens with one attached hydrogen (secondary N) is 2. The summed E-state index contributed by atoms with van der Waals surface area (Å²) in [7, 11) is 0. The van der Waals surface area contributed by atoms with Gasteiger partial charge in [-0.1, -0.05) is 44.4 Å². The van der Waals surface area contributed by atoms with E-state index in [1.54, 1.807) is 65.8 Å². The van der Waals surface area contributed by atoms with Crippen molar-refractivity contribution in [1.82, 2.24) is 15.5 Å². The Bertz CT molecular complexity index is 1030. The molecule has 0 fully saturated rings. The molecule has 0 aliphatic carbocycles. The van der Waals surface area contributed by atoms with Crippen LogP contribution < -0.4 is 10.6 Å². The van der Waals surface area contributed by atoms with Crippen LogP contribution in [0.4, 0.5) is 4.79 Å². The summed E-state index contributed by atoms with van der Waals surface area (Å²) in [6.45, 7) is 10.4. The van der Waals surface area contributed by atoms with Gasteiger partial charge in [0.2, 0.25) is 5.91 Å². The molecule has 0 bridgehead atoms. The summed E-state index contributed by atoms with van der Waals surface area (Å²) in [6.07, 6.45) is 10.5. The molecule has 9 heteroatoms. The molecular formula is C27H35N3O6. The SMILES string of the molecule is C#Cc1ccccc1C(C(=O)NCCC(=O)OCC)N(C#C)C(=O)C(NC(=O)OC(C)(C)C)C(C)C. The quantitative estimate of drug-likeness (QED) is 0.292. The van der Waals surface area contributed by atoms with Crippen molar-refractivity contribution in [2.45, 2.75) is 65.6 Å². The molecular weight excluding hydrogens is 462 g/mol. The molecule has 9 nitrogen and oxygen atoms in total. The normalized spacial score (nSPS) is 12.4. The number of rotatable bonds is 10. The molecule has 3 amide bonds. The van der Waals surface area contributed by atoms with Crippen LogP contribution in [0.1, 0.15) is 65.1 Å². The Morgan fingerprint density at radius 1 is 1.11 bits per heavy atom. The highest BCUT2D eigenvalue weighted by Crippen LogP contribution is 2.26. The zero-order chi connectivity index (χ0) is 27.5. The molecule has 0 saturated carbocycles. The minimum absolute atomic E-state index is 0.0389. The van der Waals surface area contributed by atoms with Gasteiger partial charge in [-0.05, 0) is 39.7 Å². The van der Waals surface area contributed by atoms with Crippen LogP contribution in [-0.2, 0) is 23.9 Å². The van der Waals surface area contributed by atoms with Crippen molar-refractivity contribution in [2.24, 2.45) is 5.92 Å². The van der Waals surface area contributed by atoms with E-state index in [1.165, 1.54) is 0 Å². The molecule has 1 aromatic carbocycles. The number of carbonyl (C=O) groups excluding carboxylic acids is 4. The van der Waals surface area contributed by atoms with Crippen molar-refractivity contribution >= 4 is 23.9 Å². The van der Waals surface area contributed by atoms with E-state index in [-0.39, 0.29) is 19.6 Å². The second-order valence-corrected chi connectivity index (χ2v) is 9.19. The first-order valence-electron chi connectivity index (χ1n) is 11.6. The molecule has 0 aliphatic rings. The van der Waals surface area contributed by atoms with Crippen LogP contribution in [0, 0.1) is 30.7 Å². The Balaban J connectivity index is 3.35. The van der Waals surface area contributed by atoms with E-state index >= 15 is 0 Å². The van der Waals surface area contributed by atoms with Gasteiger partial charge in [-0.15, -0.1) is 6.42 Å². The van der Waals surface area contributed by atoms with Crippen LogP contribution in [-0.4, -0.2) is 53.6 Å². The number of benzene rings is 1. The average Bonchev–Trinajstić information content (AvgIpc) is 2.79. The third-order valence-corrected chi connectivity index (χ3v) is 4.83. The first-order valence-corrected chi connectivity index (χ1v) is 11.6. The monoisotopic (exact) mass is 497 g/mol. The lowest BCUT2D eigenvalue weighted by atomic mass is 9.96. The van der Waals surface area contributed by atoms with Gasteiger partial charge in [0.15, 0.2) is 0 Å². The number of nitrogens with zero attached hydrogens (tertiary/aromatic N) is 1. The maximum atomic E-state index is 13.6. The fourth-order valence-corrected chi connectivity index (χ4v) is 3.25. The van der Waals surface area contributed by atoms with Crippen LogP contribution in [0.5, 0.6) is 0 Å². The van der Waals surface area contributed by atoms with Crippen LogP contribution in [0.2, 0.25) is 0 Å². The highest BCUT2D eigenvalue weighted by Gasteiger charge is 2.37. The molecule has 36 heavy (non-hydrogen) atoms. The molecule has 2 atom stereocenters. The second kappa shape index (κ2) is 13.8. The number of terminal acetylenes is 2. The molecule has 0 heterocycles. The summed E-state index contributed by atoms with van der Waals surface area (Å²) >= 11 is 0. The molecule has 2 N–H and O–H groups in total. The van der Waals surface area contributed by atoms with Gasteiger partial charge in [-0.25, -0.2) is 4.79 Å². The van der Waals surface area contributed by atoms with E-state index in [2.05, 4.69) is 22.6 Å². The van der Waals surface area contributed by atoms with Crippen molar-refractivity contribution < 1.29 is 28.7 Å². The van der Waals surface area contributed by atoms with Gasteiger partial charge in [-0.2, -0.15) is 0 Å². The maximum absolute atomic E-state index is 13.6. The van der Waals surface area contributed by atoms with Crippen LogP contribution in [0.25, 0.3) is 0 Å². The number of alkyl carbamates (subject to hydrolysis) is 1. The highest BCUT2D eigenvalue weighted by molar-refractivity contribution is 5.94. The van der Waals surface area contributed by atoms with Crippen molar-refractivity contribution in [3.8, 4) is 24.8 Å². The van der Waals surface area contributed by atoms with E-state index in [1.807, 2.05) is 0 Å². The number of amides is 3. The lowest BCUT2D eigenvalue weighted by molar-refractivity contribution is -0.143. The molecule has 194 valence electrons. The Morgan fingerprint density at radius 2 is 1.75 bits per heavy atom. The Labute approximate surface area is 213 Å². The smallest absolute Gasteiger partial charge is 0.408 e. The maximum Gasteiger partial charge on any atom is 0.408 e. The van der Waals surface area contributed by atoms with Gasteiger partial charge in [0.05, 0.1) is 13.0 Å². The molecule has 0 radical (unpaired) electrons. The zero-order valence-electron chi connectivity index (χ0n) is 21.7. The van der Waals surface area contributed by atoms with E-state index in [0.717, 1.165) is 4.90 Å². The Kier molecular flexibility index (Phi) is 11.5. The molecule has 2 unspecified atom stereocenters. The lowest BCUT2D eigenvalue weighted by Crippen LogP contribution is -2.53. The minimum Gasteiger partial charge on any atom is -0.466 e. The Hall–Kier alpha value is -3.98. The van der Waals surface area contributed by atoms with E-state index in [9.17, 15) is 19.2 Å². The van der Waals surface area contributed by atoms with Gasteiger partial charge < -0.3 is 20.1 Å². The first-order chi connectivity index (χ1) is 16.9. The summed E-state index contributed by atoms with van der Waals surface area (Å²) in [5.74, 6) is 0.282. The zero-order valence-corrected chi connectivity index (χ0v) is 21.7. The number of esters is 1. The molecule has 1 aromatic rings. The summed E-state index contributed by atoms with van der Waals surface area (Å²) < 4.78 is 10.2. The highest BCUT2D eigenvalue weighted by atomic mass is 16.6. The minimum atomic E-state index is -1.32. The van der Waals surface area contributed by atoms with Crippen molar-refractivity contribution in [2.75, 3.05) is 13.2 Å². The lowest BCUT2D eigenvalue weighted by Gasteiger charge is -2.32. The summed E-state index contributed by atoms with van der Waals surface area (Å²) in [6, 6.07) is 6.43. The van der Waals surface area contributed by atoms with Gasteiger partial charge in [0.1, 0.15) is 17.7 Å². The third kappa shape index (κ3) is 8.99. The van der Waals surface area contributed by atoms with Crippen LogP contribution in [0.3, 0.4) is 0 Å². The molecule has 1 rings (SSSR count). The van der Waals surface area contributed by atoms with Gasteiger partial charge in [0.25, 0.3) is 5.91 Å². The predicted molar refractivity (Wildman–Crippen MR) is 135 cm³/mol. The van der Waals surface area contributed by atoms with Gasteiger partial charge >= 0.3 is 12.1 Å². The van der Waals surface area contributed by atoms with Crippen molar-refractivity contribution in [1.29, 1.82) is 0 Å². The van der Waals surface area contributed by atoms with Crippen molar-refractivity contribution in [3.05, 3.63) is 35.4 Å². The molecule has 0 saturated heterocycles. The van der Waals surface area contributed by atoms with Gasteiger partial charge in [-0.3, -0.25) is 19.3 Å².